The molecule has 4 nitrogen and oxygen atoms in total. The summed E-state index contributed by atoms with van der Waals surface area (Å²) in [5, 5.41) is 9.73. The number of rotatable bonds is 2. The fourth-order valence-electron chi connectivity index (χ4n) is 5.13. The molecule has 1 spiro atoms. The predicted molar refractivity (Wildman–Crippen MR) is 94.3 cm³/mol. The van der Waals surface area contributed by atoms with Crippen LogP contribution >= 0.6 is 0 Å². The topological polar surface area (TPSA) is 43.8 Å². The van der Waals surface area contributed by atoms with Crippen molar-refractivity contribution in [2.75, 3.05) is 19.6 Å². The Labute approximate surface area is 145 Å². The molecule has 3 fully saturated rings. The third kappa shape index (κ3) is 2.90. The highest BCUT2D eigenvalue weighted by atomic mass is 16.3. The lowest BCUT2D eigenvalue weighted by atomic mass is 9.78. The summed E-state index contributed by atoms with van der Waals surface area (Å²) in [7, 11) is 0. The number of carbonyl (C=O) groups is 1. The van der Waals surface area contributed by atoms with Crippen LogP contribution < -0.4 is 0 Å². The van der Waals surface area contributed by atoms with E-state index in [4.69, 9.17) is 0 Å². The molecule has 1 saturated carbocycles. The van der Waals surface area contributed by atoms with Crippen LogP contribution in [-0.4, -0.2) is 52.6 Å². The van der Waals surface area contributed by atoms with Crippen LogP contribution in [0.15, 0.2) is 23.9 Å². The Morgan fingerprint density at radius 1 is 1.08 bits per heavy atom. The van der Waals surface area contributed by atoms with E-state index in [1.54, 1.807) is 0 Å². The van der Waals surface area contributed by atoms with E-state index in [2.05, 4.69) is 28.0 Å². The molecule has 0 aromatic carbocycles. The van der Waals surface area contributed by atoms with Gasteiger partial charge < -0.3 is 14.9 Å². The second-order valence-electron chi connectivity index (χ2n) is 8.13. The van der Waals surface area contributed by atoms with Gasteiger partial charge in [-0.1, -0.05) is 12.2 Å². The van der Waals surface area contributed by atoms with E-state index in [0.717, 1.165) is 77.4 Å². The van der Waals surface area contributed by atoms with Crippen LogP contribution in [-0.2, 0) is 4.79 Å². The van der Waals surface area contributed by atoms with E-state index < -0.39 is 0 Å². The van der Waals surface area contributed by atoms with Crippen molar-refractivity contribution in [3.63, 3.8) is 0 Å². The summed E-state index contributed by atoms with van der Waals surface area (Å²) < 4.78 is 0. The van der Waals surface area contributed by atoms with Crippen molar-refractivity contribution in [2.24, 2.45) is 5.41 Å². The molecule has 2 aliphatic carbocycles. The van der Waals surface area contributed by atoms with Crippen LogP contribution in [0.1, 0.15) is 57.8 Å². The fourth-order valence-corrected chi connectivity index (χ4v) is 5.13. The van der Waals surface area contributed by atoms with Crippen molar-refractivity contribution in [1.29, 1.82) is 0 Å². The van der Waals surface area contributed by atoms with Crippen molar-refractivity contribution >= 4 is 5.91 Å². The van der Waals surface area contributed by atoms with E-state index in [-0.39, 0.29) is 11.5 Å². The lowest BCUT2D eigenvalue weighted by Crippen LogP contribution is -2.49. The number of nitrogens with zero attached hydrogens (tertiary/aromatic N) is 2. The molecule has 2 heterocycles. The van der Waals surface area contributed by atoms with E-state index in [1.165, 1.54) is 5.70 Å². The fraction of sp³-hybridized carbons (Fsp3) is 0.750. The molecule has 0 radical (unpaired) electrons. The highest BCUT2D eigenvalue weighted by Crippen LogP contribution is 2.43. The van der Waals surface area contributed by atoms with Gasteiger partial charge in [-0.3, -0.25) is 4.79 Å². The van der Waals surface area contributed by atoms with Gasteiger partial charge in [0.05, 0.1) is 11.5 Å². The standard InChI is InChI=1S/C20H30N2O2/c23-18-9-7-17(8-10-18)22-14-12-20(19(22)24)11-4-13-21(15-20)16-5-2-1-3-6-16/h2,5-6,17-18,23H,1,3-4,7-15H2. The van der Waals surface area contributed by atoms with E-state index >= 15 is 0 Å². The first kappa shape index (κ1) is 16.2. The van der Waals surface area contributed by atoms with Crippen LogP contribution in [0.25, 0.3) is 0 Å². The van der Waals surface area contributed by atoms with Gasteiger partial charge in [0.2, 0.25) is 5.91 Å². The van der Waals surface area contributed by atoms with Gasteiger partial charge in [0.1, 0.15) is 0 Å². The largest absolute Gasteiger partial charge is 0.393 e. The number of aliphatic hydroxyl groups excluding tert-OH is 1. The average Bonchev–Trinajstić information content (AvgIpc) is 2.93. The number of hydrogen-bond acceptors (Lipinski definition) is 3. The molecule has 4 rings (SSSR count). The van der Waals surface area contributed by atoms with Gasteiger partial charge in [0.25, 0.3) is 0 Å². The van der Waals surface area contributed by atoms with E-state index in [0.29, 0.717) is 11.9 Å². The zero-order valence-corrected chi connectivity index (χ0v) is 14.6. The predicted octanol–water partition coefficient (Wildman–Crippen LogP) is 2.84. The van der Waals surface area contributed by atoms with Gasteiger partial charge in [-0.2, -0.15) is 0 Å². The second kappa shape index (κ2) is 6.55. The highest BCUT2D eigenvalue weighted by molar-refractivity contribution is 5.85. The number of aliphatic hydroxyl groups is 1. The average molecular weight is 330 g/mol. The maximum absolute atomic E-state index is 13.3. The summed E-state index contributed by atoms with van der Waals surface area (Å²) in [6.45, 7) is 2.90. The maximum Gasteiger partial charge on any atom is 0.230 e. The van der Waals surface area contributed by atoms with Crippen molar-refractivity contribution < 1.29 is 9.90 Å². The summed E-state index contributed by atoms with van der Waals surface area (Å²) in [6.07, 6.45) is 15.8. The van der Waals surface area contributed by atoms with Crippen LogP contribution in [0.3, 0.4) is 0 Å². The van der Waals surface area contributed by atoms with Crippen molar-refractivity contribution in [1.82, 2.24) is 9.80 Å². The minimum atomic E-state index is -0.152. The van der Waals surface area contributed by atoms with Gasteiger partial charge in [-0.15, -0.1) is 0 Å². The number of likely N-dealkylation sites (tertiary alicyclic amines) is 2. The summed E-state index contributed by atoms with van der Waals surface area (Å²) in [5.41, 5.74) is 1.17. The molecule has 2 aliphatic heterocycles. The first-order valence-corrected chi connectivity index (χ1v) is 9.79. The lowest BCUT2D eigenvalue weighted by Gasteiger charge is -2.42. The summed E-state index contributed by atoms with van der Waals surface area (Å²) >= 11 is 0. The van der Waals surface area contributed by atoms with Gasteiger partial charge in [0, 0.05) is 31.4 Å². The van der Waals surface area contributed by atoms with Gasteiger partial charge in [0.15, 0.2) is 0 Å². The Bertz CT molecular complexity index is 548. The SMILES string of the molecule is O=C1N(C2CCC(O)CC2)CCC12CCCN(C1=CCCC=C1)C2. The molecule has 0 bridgehead atoms. The molecule has 0 aromatic heterocycles. The molecule has 24 heavy (non-hydrogen) atoms. The number of amides is 1. The third-order valence-corrected chi connectivity index (χ3v) is 6.57. The molecular weight excluding hydrogens is 300 g/mol. The normalized spacial score (nSPS) is 37.2. The summed E-state index contributed by atoms with van der Waals surface area (Å²) in [6, 6.07) is 0.365. The van der Waals surface area contributed by atoms with Gasteiger partial charge in [-0.25, -0.2) is 0 Å². The zero-order chi connectivity index (χ0) is 16.6. The first-order chi connectivity index (χ1) is 11.7. The van der Waals surface area contributed by atoms with Crippen molar-refractivity contribution in [3.8, 4) is 0 Å². The Kier molecular flexibility index (Phi) is 4.42. The van der Waals surface area contributed by atoms with Crippen LogP contribution in [0.2, 0.25) is 0 Å². The molecule has 4 heteroatoms. The van der Waals surface area contributed by atoms with Crippen molar-refractivity contribution in [2.45, 2.75) is 69.9 Å². The van der Waals surface area contributed by atoms with Crippen molar-refractivity contribution in [3.05, 3.63) is 23.9 Å². The van der Waals surface area contributed by atoms with E-state index in [1.807, 2.05) is 0 Å². The Hall–Kier alpha value is -1.29. The zero-order valence-electron chi connectivity index (χ0n) is 14.6. The molecule has 1 atom stereocenters. The second-order valence-corrected chi connectivity index (χ2v) is 8.13. The smallest absolute Gasteiger partial charge is 0.230 e. The molecule has 132 valence electrons. The molecular formula is C20H30N2O2. The minimum Gasteiger partial charge on any atom is -0.393 e. The summed E-state index contributed by atoms with van der Waals surface area (Å²) in [4.78, 5) is 17.9. The maximum atomic E-state index is 13.3. The molecule has 2 saturated heterocycles. The Morgan fingerprint density at radius 3 is 2.67 bits per heavy atom. The highest BCUT2D eigenvalue weighted by Gasteiger charge is 2.50. The van der Waals surface area contributed by atoms with Gasteiger partial charge in [-0.05, 0) is 63.9 Å². The minimum absolute atomic E-state index is 0.150. The molecule has 1 N–H and O–H groups in total. The quantitative estimate of drug-likeness (QED) is 0.847. The summed E-state index contributed by atoms with van der Waals surface area (Å²) in [5.74, 6) is 0.397. The Morgan fingerprint density at radius 2 is 1.92 bits per heavy atom. The third-order valence-electron chi connectivity index (χ3n) is 6.57. The molecule has 0 aromatic rings. The Balaban J connectivity index is 1.46. The number of carbonyl (C=O) groups excluding carboxylic acids is 1. The molecule has 1 unspecified atom stereocenters. The van der Waals surface area contributed by atoms with E-state index in [9.17, 15) is 9.90 Å². The van der Waals surface area contributed by atoms with Crippen LogP contribution in [0.5, 0.6) is 0 Å². The van der Waals surface area contributed by atoms with Crippen LogP contribution in [0.4, 0.5) is 0 Å². The lowest BCUT2D eigenvalue weighted by molar-refractivity contribution is -0.141. The molecule has 1 amide bonds. The molecule has 4 aliphatic rings. The van der Waals surface area contributed by atoms with Crippen LogP contribution in [0, 0.1) is 5.41 Å². The first-order valence-electron chi connectivity index (χ1n) is 9.79. The monoisotopic (exact) mass is 330 g/mol. The number of piperidine rings is 1. The number of hydrogen-bond donors (Lipinski definition) is 1. The number of allylic oxidation sites excluding steroid dienone is 3. The van der Waals surface area contributed by atoms with Gasteiger partial charge >= 0.3 is 0 Å².